The normalized spacial score (nSPS) is 14.8. The first-order valence-electron chi connectivity index (χ1n) is 7.58. The van der Waals surface area contributed by atoms with E-state index >= 15 is 0 Å². The fourth-order valence-electron chi connectivity index (χ4n) is 2.70. The predicted molar refractivity (Wildman–Crippen MR) is 84.4 cm³/mol. The van der Waals surface area contributed by atoms with E-state index in [1.165, 1.54) is 23.2 Å². The molecule has 1 fully saturated rings. The van der Waals surface area contributed by atoms with E-state index in [0.29, 0.717) is 26.2 Å². The molecule has 8 heteroatoms. The summed E-state index contributed by atoms with van der Waals surface area (Å²) in [5, 5.41) is 0. The van der Waals surface area contributed by atoms with E-state index in [9.17, 15) is 18.8 Å². The molecule has 0 unspecified atom stereocenters. The molecule has 24 heavy (non-hydrogen) atoms. The summed E-state index contributed by atoms with van der Waals surface area (Å²) in [6, 6.07) is 4.42. The zero-order valence-corrected chi connectivity index (χ0v) is 13.1. The van der Waals surface area contributed by atoms with Crippen LogP contribution in [0.1, 0.15) is 26.4 Å². The number of aromatic amines is 2. The summed E-state index contributed by atoms with van der Waals surface area (Å²) < 4.78 is 13.9. The number of aryl methyl sites for hydroxylation is 1. The number of benzene rings is 1. The van der Waals surface area contributed by atoms with Crippen LogP contribution in [0.3, 0.4) is 0 Å². The zero-order valence-electron chi connectivity index (χ0n) is 13.1. The maximum absolute atomic E-state index is 13.9. The number of hydrogen-bond donors (Lipinski definition) is 2. The maximum Gasteiger partial charge on any atom is 0.323 e. The standard InChI is InChI=1S/C16H17FN4O3/c1-10-2-3-12(17)11(8-10)14(22)20-4-6-21(7-5-20)15(23)13-9-18-16(24)19-13/h2-3,8-9H,4-7H2,1H3,(H2,18,19,24). The van der Waals surface area contributed by atoms with Gasteiger partial charge in [-0.15, -0.1) is 0 Å². The summed E-state index contributed by atoms with van der Waals surface area (Å²) in [5.74, 6) is -1.23. The van der Waals surface area contributed by atoms with Crippen LogP contribution in [0.5, 0.6) is 0 Å². The van der Waals surface area contributed by atoms with Crippen molar-refractivity contribution in [1.29, 1.82) is 0 Å². The summed E-state index contributed by atoms with van der Waals surface area (Å²) in [6.45, 7) is 3.07. The molecule has 1 aliphatic rings. The minimum Gasteiger partial charge on any atom is -0.335 e. The average molecular weight is 332 g/mol. The first-order chi connectivity index (χ1) is 11.5. The number of halogens is 1. The fourth-order valence-corrected chi connectivity index (χ4v) is 2.70. The molecule has 1 aromatic carbocycles. The van der Waals surface area contributed by atoms with Crippen LogP contribution >= 0.6 is 0 Å². The minimum atomic E-state index is -0.547. The van der Waals surface area contributed by atoms with Gasteiger partial charge in [-0.3, -0.25) is 9.59 Å². The second-order valence-corrected chi connectivity index (χ2v) is 5.72. The van der Waals surface area contributed by atoms with Crippen molar-refractivity contribution in [3.05, 3.63) is 57.5 Å². The molecule has 0 atom stereocenters. The topological polar surface area (TPSA) is 89.3 Å². The largest absolute Gasteiger partial charge is 0.335 e. The Hall–Kier alpha value is -2.90. The lowest BCUT2D eigenvalue weighted by atomic mass is 10.1. The van der Waals surface area contributed by atoms with Gasteiger partial charge in [0.2, 0.25) is 0 Å². The van der Waals surface area contributed by atoms with Gasteiger partial charge in [-0.2, -0.15) is 0 Å². The molecule has 7 nitrogen and oxygen atoms in total. The van der Waals surface area contributed by atoms with Crippen molar-refractivity contribution in [3.8, 4) is 0 Å². The lowest BCUT2D eigenvalue weighted by Crippen LogP contribution is -2.50. The molecule has 2 aromatic rings. The predicted octanol–water partition coefficient (Wildman–Crippen LogP) is 0.749. The van der Waals surface area contributed by atoms with Gasteiger partial charge in [-0.05, 0) is 19.1 Å². The van der Waals surface area contributed by atoms with E-state index in [-0.39, 0.29) is 23.1 Å². The summed E-state index contributed by atoms with van der Waals surface area (Å²) in [6.07, 6.45) is 1.32. The van der Waals surface area contributed by atoms with E-state index in [0.717, 1.165) is 5.56 Å². The molecule has 1 saturated heterocycles. The number of amides is 2. The molecule has 126 valence electrons. The Morgan fingerprint density at radius 1 is 1.08 bits per heavy atom. The molecule has 1 aromatic heterocycles. The summed E-state index contributed by atoms with van der Waals surface area (Å²) in [4.78, 5) is 43.6. The van der Waals surface area contributed by atoms with Crippen LogP contribution < -0.4 is 5.69 Å². The Kier molecular flexibility index (Phi) is 4.20. The Morgan fingerprint density at radius 3 is 2.29 bits per heavy atom. The molecule has 0 aliphatic carbocycles. The Bertz CT molecular complexity index is 834. The minimum absolute atomic E-state index is 0.0461. The van der Waals surface area contributed by atoms with Crippen molar-refractivity contribution < 1.29 is 14.0 Å². The number of aromatic nitrogens is 2. The van der Waals surface area contributed by atoms with Gasteiger partial charge >= 0.3 is 5.69 Å². The van der Waals surface area contributed by atoms with Gasteiger partial charge in [0.1, 0.15) is 11.5 Å². The molecule has 1 aliphatic heterocycles. The van der Waals surface area contributed by atoms with Gasteiger partial charge < -0.3 is 19.8 Å². The smallest absolute Gasteiger partial charge is 0.323 e. The molecule has 3 rings (SSSR count). The third-order valence-corrected chi connectivity index (χ3v) is 4.03. The van der Waals surface area contributed by atoms with Crippen LogP contribution in [0, 0.1) is 12.7 Å². The number of rotatable bonds is 2. The number of nitrogens with one attached hydrogen (secondary N) is 2. The van der Waals surface area contributed by atoms with Crippen LogP contribution in [-0.2, 0) is 0 Å². The number of hydrogen-bond acceptors (Lipinski definition) is 3. The van der Waals surface area contributed by atoms with E-state index < -0.39 is 11.5 Å². The number of carbonyl (C=O) groups is 2. The summed E-state index contributed by atoms with van der Waals surface area (Å²) >= 11 is 0. The monoisotopic (exact) mass is 332 g/mol. The highest BCUT2D eigenvalue weighted by Gasteiger charge is 2.27. The molecule has 2 heterocycles. The van der Waals surface area contributed by atoms with Crippen molar-refractivity contribution in [2.24, 2.45) is 0 Å². The van der Waals surface area contributed by atoms with Gasteiger partial charge in [0.05, 0.1) is 5.56 Å². The molecule has 2 N–H and O–H groups in total. The highest BCUT2D eigenvalue weighted by atomic mass is 19.1. The van der Waals surface area contributed by atoms with Crippen molar-refractivity contribution >= 4 is 11.8 Å². The fraction of sp³-hybridized carbons (Fsp3) is 0.312. The van der Waals surface area contributed by atoms with Crippen molar-refractivity contribution in [3.63, 3.8) is 0 Å². The van der Waals surface area contributed by atoms with Gasteiger partial charge in [0.25, 0.3) is 11.8 Å². The summed E-state index contributed by atoms with van der Waals surface area (Å²) in [5.41, 5.74) is 0.598. The molecule has 0 bridgehead atoms. The van der Waals surface area contributed by atoms with Crippen LogP contribution in [-0.4, -0.2) is 57.8 Å². The van der Waals surface area contributed by atoms with Crippen molar-refractivity contribution in [1.82, 2.24) is 19.8 Å². The molecular formula is C16H17FN4O3. The lowest BCUT2D eigenvalue weighted by Gasteiger charge is -2.34. The molecule has 0 saturated carbocycles. The third-order valence-electron chi connectivity index (χ3n) is 4.03. The van der Waals surface area contributed by atoms with E-state index in [2.05, 4.69) is 9.97 Å². The van der Waals surface area contributed by atoms with Gasteiger partial charge in [0.15, 0.2) is 0 Å². The lowest BCUT2D eigenvalue weighted by molar-refractivity contribution is 0.0530. The highest BCUT2D eigenvalue weighted by Crippen LogP contribution is 2.15. The molecule has 2 amide bonds. The second-order valence-electron chi connectivity index (χ2n) is 5.72. The number of carbonyl (C=O) groups excluding carboxylic acids is 2. The molecule has 0 radical (unpaired) electrons. The highest BCUT2D eigenvalue weighted by molar-refractivity contribution is 5.95. The van der Waals surface area contributed by atoms with E-state index in [4.69, 9.17) is 0 Å². The van der Waals surface area contributed by atoms with Crippen LogP contribution in [0.15, 0.2) is 29.2 Å². The first-order valence-corrected chi connectivity index (χ1v) is 7.58. The SMILES string of the molecule is Cc1ccc(F)c(C(=O)N2CCN(C(=O)c3c[nH]c(=O)[nH]3)CC2)c1. The third kappa shape index (κ3) is 3.08. The van der Waals surface area contributed by atoms with Gasteiger partial charge in [-0.25, -0.2) is 9.18 Å². The molecule has 0 spiro atoms. The maximum atomic E-state index is 13.9. The Labute approximate surface area is 137 Å². The van der Waals surface area contributed by atoms with E-state index in [1.807, 2.05) is 0 Å². The quantitative estimate of drug-likeness (QED) is 0.850. The van der Waals surface area contributed by atoms with Crippen LogP contribution in [0.2, 0.25) is 0 Å². The van der Waals surface area contributed by atoms with Crippen LogP contribution in [0.25, 0.3) is 0 Å². The van der Waals surface area contributed by atoms with Crippen molar-refractivity contribution in [2.75, 3.05) is 26.2 Å². The van der Waals surface area contributed by atoms with E-state index in [1.54, 1.807) is 17.9 Å². The number of imidazole rings is 1. The van der Waals surface area contributed by atoms with Gasteiger partial charge in [0, 0.05) is 32.4 Å². The summed E-state index contributed by atoms with van der Waals surface area (Å²) in [7, 11) is 0. The van der Waals surface area contributed by atoms with Gasteiger partial charge in [-0.1, -0.05) is 11.6 Å². The number of nitrogens with zero attached hydrogens (tertiary/aromatic N) is 2. The second kappa shape index (κ2) is 6.31. The Morgan fingerprint density at radius 2 is 1.71 bits per heavy atom. The zero-order chi connectivity index (χ0) is 17.3. The van der Waals surface area contributed by atoms with Crippen molar-refractivity contribution in [2.45, 2.75) is 6.92 Å². The molecular weight excluding hydrogens is 315 g/mol. The first kappa shape index (κ1) is 16.0. The Balaban J connectivity index is 1.66. The number of H-pyrrole nitrogens is 2. The number of piperazine rings is 1. The van der Waals surface area contributed by atoms with Crippen LogP contribution in [0.4, 0.5) is 4.39 Å². The average Bonchev–Trinajstić information content (AvgIpc) is 3.02.